The summed E-state index contributed by atoms with van der Waals surface area (Å²) in [7, 11) is 0. The Hall–Kier alpha value is -0.800. The second-order valence-corrected chi connectivity index (χ2v) is 4.00. The molecule has 0 saturated carbocycles. The quantitative estimate of drug-likeness (QED) is 0.758. The van der Waals surface area contributed by atoms with Crippen LogP contribution < -0.4 is 0 Å². The largest absolute Gasteiger partial charge is 0.396 e. The zero-order valence-electron chi connectivity index (χ0n) is 7.98. The number of aliphatic hydroxyl groups is 1. The van der Waals surface area contributed by atoms with Crippen molar-refractivity contribution >= 4 is 16.9 Å². The van der Waals surface area contributed by atoms with Crippen LogP contribution in [0.2, 0.25) is 0 Å². The normalized spacial score (nSPS) is 10.1. The monoisotopic (exact) mass is 210 g/mol. The predicted molar refractivity (Wildman–Crippen MR) is 59.6 cm³/mol. The van der Waals surface area contributed by atoms with Crippen molar-refractivity contribution in [3.63, 3.8) is 0 Å². The van der Waals surface area contributed by atoms with Crippen molar-refractivity contribution in [1.82, 2.24) is 0 Å². The summed E-state index contributed by atoms with van der Waals surface area (Å²) in [5, 5.41) is 8.67. The molecule has 0 spiro atoms. The summed E-state index contributed by atoms with van der Waals surface area (Å²) in [5.74, 6) is 0.786. The van der Waals surface area contributed by atoms with E-state index >= 15 is 0 Å². The second-order valence-electron chi connectivity index (χ2n) is 2.93. The van der Waals surface area contributed by atoms with E-state index < -0.39 is 0 Å². The Bertz CT molecular complexity index is 272. The molecule has 1 aromatic rings. The van der Waals surface area contributed by atoms with Gasteiger partial charge in [-0.15, -0.1) is 0 Å². The van der Waals surface area contributed by atoms with Crippen molar-refractivity contribution in [1.29, 1.82) is 0 Å². The SMILES string of the molecule is O=C(SCCCCO)c1ccccc1. The van der Waals surface area contributed by atoms with E-state index in [2.05, 4.69) is 0 Å². The Labute approximate surface area is 88.3 Å². The topological polar surface area (TPSA) is 37.3 Å². The molecular weight excluding hydrogens is 196 g/mol. The van der Waals surface area contributed by atoms with Gasteiger partial charge in [0.1, 0.15) is 0 Å². The Morgan fingerprint density at radius 2 is 1.93 bits per heavy atom. The second kappa shape index (κ2) is 6.62. The van der Waals surface area contributed by atoms with Crippen LogP contribution in [0.5, 0.6) is 0 Å². The Kier molecular flexibility index (Phi) is 5.33. The molecule has 0 aromatic heterocycles. The van der Waals surface area contributed by atoms with E-state index in [9.17, 15) is 4.79 Å². The van der Waals surface area contributed by atoms with Gasteiger partial charge in [-0.2, -0.15) is 0 Å². The van der Waals surface area contributed by atoms with Crippen molar-refractivity contribution in [2.45, 2.75) is 12.8 Å². The smallest absolute Gasteiger partial charge is 0.219 e. The highest BCUT2D eigenvalue weighted by atomic mass is 32.2. The predicted octanol–water partition coefficient (Wildman–Crippen LogP) is 2.33. The molecule has 0 amide bonds. The van der Waals surface area contributed by atoms with Crippen LogP contribution in [0.25, 0.3) is 0 Å². The van der Waals surface area contributed by atoms with Crippen LogP contribution in [0.15, 0.2) is 30.3 Å². The lowest BCUT2D eigenvalue weighted by molar-refractivity contribution is 0.108. The number of rotatable bonds is 5. The molecule has 0 bridgehead atoms. The molecule has 76 valence electrons. The standard InChI is InChI=1S/C11H14O2S/c12-8-4-5-9-14-11(13)10-6-2-1-3-7-10/h1-3,6-7,12H,4-5,8-9H2. The van der Waals surface area contributed by atoms with Crippen molar-refractivity contribution in [2.75, 3.05) is 12.4 Å². The fourth-order valence-electron chi connectivity index (χ4n) is 1.04. The van der Waals surface area contributed by atoms with E-state index in [0.29, 0.717) is 0 Å². The minimum Gasteiger partial charge on any atom is -0.396 e. The molecule has 0 saturated heterocycles. The molecule has 0 aliphatic rings. The number of hydrogen-bond donors (Lipinski definition) is 1. The first-order valence-corrected chi connectivity index (χ1v) is 5.66. The molecule has 0 unspecified atom stereocenters. The maximum absolute atomic E-state index is 11.5. The van der Waals surface area contributed by atoms with Gasteiger partial charge >= 0.3 is 0 Å². The first kappa shape index (κ1) is 11.3. The fourth-order valence-corrected chi connectivity index (χ4v) is 1.87. The molecule has 0 aliphatic heterocycles. The van der Waals surface area contributed by atoms with Crippen molar-refractivity contribution in [2.24, 2.45) is 0 Å². The lowest BCUT2D eigenvalue weighted by atomic mass is 10.2. The van der Waals surface area contributed by atoms with Crippen LogP contribution in [0, 0.1) is 0 Å². The minimum absolute atomic E-state index is 0.114. The fraction of sp³-hybridized carbons (Fsp3) is 0.364. The molecule has 0 radical (unpaired) electrons. The van der Waals surface area contributed by atoms with Crippen LogP contribution in [-0.4, -0.2) is 22.6 Å². The van der Waals surface area contributed by atoms with Gasteiger partial charge in [0.25, 0.3) is 0 Å². The molecule has 1 rings (SSSR count). The van der Waals surface area contributed by atoms with Crippen LogP contribution in [-0.2, 0) is 0 Å². The van der Waals surface area contributed by atoms with Crippen LogP contribution in [0.1, 0.15) is 23.2 Å². The number of carbonyl (C=O) groups is 1. The summed E-state index contributed by atoms with van der Waals surface area (Å²) < 4.78 is 0. The summed E-state index contributed by atoms with van der Waals surface area (Å²) in [5.41, 5.74) is 0.751. The summed E-state index contributed by atoms with van der Waals surface area (Å²) in [6.45, 7) is 0.208. The average Bonchev–Trinajstić information content (AvgIpc) is 2.25. The van der Waals surface area contributed by atoms with Gasteiger partial charge < -0.3 is 5.11 Å². The third-order valence-corrected chi connectivity index (χ3v) is 2.79. The maximum Gasteiger partial charge on any atom is 0.219 e. The lowest BCUT2D eigenvalue weighted by Crippen LogP contribution is -1.95. The highest BCUT2D eigenvalue weighted by molar-refractivity contribution is 8.14. The third kappa shape index (κ3) is 3.94. The number of benzene rings is 1. The molecule has 0 aliphatic carbocycles. The zero-order valence-corrected chi connectivity index (χ0v) is 8.80. The third-order valence-electron chi connectivity index (χ3n) is 1.80. The lowest BCUT2D eigenvalue weighted by Gasteiger charge is -1.99. The molecule has 0 fully saturated rings. The van der Waals surface area contributed by atoms with Gasteiger partial charge in [0, 0.05) is 17.9 Å². The van der Waals surface area contributed by atoms with Gasteiger partial charge in [-0.05, 0) is 12.8 Å². The highest BCUT2D eigenvalue weighted by Gasteiger charge is 2.04. The van der Waals surface area contributed by atoms with Gasteiger partial charge in [0.2, 0.25) is 5.12 Å². The number of unbranched alkanes of at least 4 members (excludes halogenated alkanes) is 1. The average molecular weight is 210 g/mol. The number of aliphatic hydroxyl groups excluding tert-OH is 1. The summed E-state index contributed by atoms with van der Waals surface area (Å²) in [6.07, 6.45) is 1.66. The Balaban J connectivity index is 2.29. The van der Waals surface area contributed by atoms with Gasteiger partial charge in [0.05, 0.1) is 0 Å². The van der Waals surface area contributed by atoms with Crippen molar-refractivity contribution < 1.29 is 9.90 Å². The van der Waals surface area contributed by atoms with E-state index in [1.807, 2.05) is 30.3 Å². The molecule has 3 heteroatoms. The summed E-state index contributed by atoms with van der Waals surface area (Å²) in [6, 6.07) is 9.26. The first-order valence-electron chi connectivity index (χ1n) is 4.67. The van der Waals surface area contributed by atoms with Gasteiger partial charge in [-0.1, -0.05) is 42.1 Å². The number of hydrogen-bond acceptors (Lipinski definition) is 3. The number of thioether (sulfide) groups is 1. The molecule has 0 atom stereocenters. The summed E-state index contributed by atoms with van der Waals surface area (Å²) >= 11 is 1.32. The van der Waals surface area contributed by atoms with Gasteiger partial charge in [-0.25, -0.2) is 0 Å². The molecule has 2 nitrogen and oxygen atoms in total. The molecule has 14 heavy (non-hydrogen) atoms. The maximum atomic E-state index is 11.5. The van der Waals surface area contributed by atoms with Crippen LogP contribution in [0.3, 0.4) is 0 Å². The van der Waals surface area contributed by atoms with E-state index in [4.69, 9.17) is 5.11 Å². The van der Waals surface area contributed by atoms with Crippen LogP contribution in [0.4, 0.5) is 0 Å². The van der Waals surface area contributed by atoms with Gasteiger partial charge in [0.15, 0.2) is 0 Å². The number of carbonyl (C=O) groups excluding carboxylic acids is 1. The molecular formula is C11H14O2S. The van der Waals surface area contributed by atoms with E-state index in [0.717, 1.165) is 24.2 Å². The van der Waals surface area contributed by atoms with Crippen molar-refractivity contribution in [3.05, 3.63) is 35.9 Å². The zero-order chi connectivity index (χ0) is 10.2. The highest BCUT2D eigenvalue weighted by Crippen LogP contribution is 2.13. The Morgan fingerprint density at radius 3 is 2.57 bits per heavy atom. The molecule has 0 heterocycles. The van der Waals surface area contributed by atoms with Crippen LogP contribution >= 0.6 is 11.8 Å². The summed E-state index contributed by atoms with van der Waals surface area (Å²) in [4.78, 5) is 11.5. The van der Waals surface area contributed by atoms with E-state index in [1.165, 1.54) is 11.8 Å². The molecule has 1 aromatic carbocycles. The van der Waals surface area contributed by atoms with Crippen molar-refractivity contribution in [3.8, 4) is 0 Å². The first-order chi connectivity index (χ1) is 6.84. The minimum atomic E-state index is 0.114. The van der Waals surface area contributed by atoms with Gasteiger partial charge in [-0.3, -0.25) is 4.79 Å². The Morgan fingerprint density at radius 1 is 1.21 bits per heavy atom. The van der Waals surface area contributed by atoms with E-state index in [1.54, 1.807) is 0 Å². The molecule has 1 N–H and O–H groups in total. The van der Waals surface area contributed by atoms with E-state index in [-0.39, 0.29) is 11.7 Å².